The summed E-state index contributed by atoms with van der Waals surface area (Å²) in [5.74, 6) is 0.612. The van der Waals surface area contributed by atoms with Crippen LogP contribution in [0.5, 0.6) is 0 Å². The lowest BCUT2D eigenvalue weighted by Crippen LogP contribution is -2.28. The third kappa shape index (κ3) is 3.99. The van der Waals surface area contributed by atoms with E-state index in [1.165, 1.54) is 11.3 Å². The van der Waals surface area contributed by atoms with E-state index in [2.05, 4.69) is 25.6 Å². The monoisotopic (exact) mass is 277 g/mol. The quantitative estimate of drug-likeness (QED) is 0.779. The molecular weight excluding hydrogens is 262 g/mol. The highest BCUT2D eigenvalue weighted by Crippen LogP contribution is 2.12. The number of rotatable bonds is 6. The first-order chi connectivity index (χ1) is 9.29. The van der Waals surface area contributed by atoms with Gasteiger partial charge in [-0.05, 0) is 6.42 Å². The third-order valence-corrected chi connectivity index (χ3v) is 3.50. The lowest BCUT2D eigenvalue weighted by Gasteiger charge is -2.05. The summed E-state index contributed by atoms with van der Waals surface area (Å²) >= 11 is 1.43. The van der Waals surface area contributed by atoms with Crippen molar-refractivity contribution in [2.75, 3.05) is 18.4 Å². The van der Waals surface area contributed by atoms with Crippen molar-refractivity contribution >= 4 is 23.1 Å². The molecule has 1 amide bonds. The van der Waals surface area contributed by atoms with Gasteiger partial charge in [0.2, 0.25) is 0 Å². The molecule has 0 unspecified atom stereocenters. The Morgan fingerprint density at radius 1 is 1.26 bits per heavy atom. The number of nitrogens with one attached hydrogen (secondary N) is 2. The van der Waals surface area contributed by atoms with Crippen LogP contribution in [0, 0.1) is 0 Å². The molecular formula is C12H15N5OS. The first-order valence-corrected chi connectivity index (χ1v) is 6.84. The molecule has 7 heteroatoms. The van der Waals surface area contributed by atoms with Crippen LogP contribution < -0.4 is 10.6 Å². The molecule has 6 nitrogen and oxygen atoms in total. The summed E-state index contributed by atoms with van der Waals surface area (Å²) in [5, 5.41) is 6.87. The number of thiazole rings is 1. The second-order valence-corrected chi connectivity index (χ2v) is 4.86. The molecule has 2 N–H and O–H groups in total. The molecule has 0 aliphatic heterocycles. The molecule has 2 aromatic heterocycles. The van der Waals surface area contributed by atoms with E-state index >= 15 is 0 Å². The van der Waals surface area contributed by atoms with E-state index < -0.39 is 0 Å². The second-order valence-electron chi connectivity index (χ2n) is 3.75. The van der Waals surface area contributed by atoms with Crippen molar-refractivity contribution in [1.82, 2.24) is 20.3 Å². The molecule has 0 bridgehead atoms. The lowest BCUT2D eigenvalue weighted by molar-refractivity contribution is 0.0959. The summed E-state index contributed by atoms with van der Waals surface area (Å²) < 4.78 is 0. The lowest BCUT2D eigenvalue weighted by atomic mass is 10.5. The molecule has 2 rings (SSSR count). The Balaban J connectivity index is 1.72. The zero-order valence-electron chi connectivity index (χ0n) is 10.6. The maximum Gasteiger partial charge on any atom is 0.263 e. The Bertz CT molecular complexity index is 528. The Morgan fingerprint density at radius 3 is 2.84 bits per heavy atom. The number of hydrogen-bond acceptors (Lipinski definition) is 6. The van der Waals surface area contributed by atoms with E-state index in [0.29, 0.717) is 23.8 Å². The minimum Gasteiger partial charge on any atom is -0.367 e. The summed E-state index contributed by atoms with van der Waals surface area (Å²) in [7, 11) is 0. The summed E-state index contributed by atoms with van der Waals surface area (Å²) in [6, 6.07) is 0. The van der Waals surface area contributed by atoms with Gasteiger partial charge in [-0.3, -0.25) is 9.78 Å². The standard InChI is InChI=1S/C12H15N5OS/c1-2-11-17-7-9(19-11)12(18)16-6-5-15-10-8-13-3-4-14-10/h3-4,7-8H,2,5-6H2,1H3,(H,14,15)(H,16,18). The Hall–Kier alpha value is -2.02. The van der Waals surface area contributed by atoms with Crippen LogP contribution in [-0.2, 0) is 6.42 Å². The van der Waals surface area contributed by atoms with Gasteiger partial charge in [-0.25, -0.2) is 9.97 Å². The van der Waals surface area contributed by atoms with Crippen molar-refractivity contribution in [1.29, 1.82) is 0 Å². The van der Waals surface area contributed by atoms with E-state index in [0.717, 1.165) is 11.4 Å². The number of amides is 1. The number of carbonyl (C=O) groups excluding carboxylic acids is 1. The fraction of sp³-hybridized carbons (Fsp3) is 0.333. The Labute approximate surface area is 115 Å². The fourth-order valence-electron chi connectivity index (χ4n) is 1.42. The molecule has 19 heavy (non-hydrogen) atoms. The summed E-state index contributed by atoms with van der Waals surface area (Å²) in [5.41, 5.74) is 0. The van der Waals surface area contributed by atoms with Crippen LogP contribution >= 0.6 is 11.3 Å². The smallest absolute Gasteiger partial charge is 0.263 e. The van der Waals surface area contributed by atoms with Crippen LogP contribution in [0.15, 0.2) is 24.8 Å². The highest BCUT2D eigenvalue weighted by atomic mass is 32.1. The van der Waals surface area contributed by atoms with Gasteiger partial charge >= 0.3 is 0 Å². The number of hydrogen-bond donors (Lipinski definition) is 2. The van der Waals surface area contributed by atoms with E-state index in [-0.39, 0.29) is 5.91 Å². The number of nitrogens with zero attached hydrogens (tertiary/aromatic N) is 3. The van der Waals surface area contributed by atoms with E-state index in [9.17, 15) is 4.79 Å². The molecule has 0 aliphatic rings. The number of aryl methyl sites for hydroxylation is 1. The predicted octanol–water partition coefficient (Wildman–Crippen LogP) is 1.34. The van der Waals surface area contributed by atoms with Crippen LogP contribution in [0.1, 0.15) is 21.6 Å². The van der Waals surface area contributed by atoms with Crippen LogP contribution in [0.4, 0.5) is 5.82 Å². The van der Waals surface area contributed by atoms with E-state index in [1.807, 2.05) is 6.92 Å². The van der Waals surface area contributed by atoms with E-state index in [1.54, 1.807) is 24.8 Å². The minimum atomic E-state index is -0.0851. The summed E-state index contributed by atoms with van der Waals surface area (Å²) in [6.07, 6.45) is 7.34. The van der Waals surface area contributed by atoms with Gasteiger partial charge in [-0.1, -0.05) is 6.92 Å². The van der Waals surface area contributed by atoms with Gasteiger partial charge in [0.25, 0.3) is 5.91 Å². The summed E-state index contributed by atoms with van der Waals surface area (Å²) in [4.78, 5) is 24.6. The molecule has 100 valence electrons. The molecule has 2 aromatic rings. The van der Waals surface area contributed by atoms with Gasteiger partial charge in [0, 0.05) is 25.5 Å². The van der Waals surface area contributed by atoms with Crippen LogP contribution in [0.3, 0.4) is 0 Å². The maximum absolute atomic E-state index is 11.8. The largest absolute Gasteiger partial charge is 0.367 e. The fourth-order valence-corrected chi connectivity index (χ4v) is 2.20. The maximum atomic E-state index is 11.8. The minimum absolute atomic E-state index is 0.0851. The molecule has 0 radical (unpaired) electrons. The van der Waals surface area contributed by atoms with Gasteiger partial charge < -0.3 is 10.6 Å². The normalized spacial score (nSPS) is 10.2. The van der Waals surface area contributed by atoms with Crippen LogP contribution in [-0.4, -0.2) is 33.9 Å². The second kappa shape index (κ2) is 6.79. The highest BCUT2D eigenvalue weighted by Gasteiger charge is 2.08. The zero-order valence-corrected chi connectivity index (χ0v) is 11.4. The molecule has 0 aromatic carbocycles. The zero-order chi connectivity index (χ0) is 13.5. The third-order valence-electron chi connectivity index (χ3n) is 2.36. The molecule has 2 heterocycles. The summed E-state index contributed by atoms with van der Waals surface area (Å²) in [6.45, 7) is 3.14. The van der Waals surface area contributed by atoms with Crippen molar-refractivity contribution in [3.05, 3.63) is 34.7 Å². The van der Waals surface area contributed by atoms with Crippen LogP contribution in [0.2, 0.25) is 0 Å². The number of anilines is 1. The average Bonchev–Trinajstić information content (AvgIpc) is 2.93. The van der Waals surface area contributed by atoms with Gasteiger partial charge in [0.15, 0.2) is 0 Å². The first-order valence-electron chi connectivity index (χ1n) is 6.02. The van der Waals surface area contributed by atoms with Crippen LogP contribution in [0.25, 0.3) is 0 Å². The Kier molecular flexibility index (Phi) is 4.79. The van der Waals surface area contributed by atoms with Gasteiger partial charge in [0.1, 0.15) is 10.7 Å². The van der Waals surface area contributed by atoms with Crippen molar-refractivity contribution in [3.63, 3.8) is 0 Å². The molecule has 0 spiro atoms. The molecule has 0 fully saturated rings. The molecule has 0 atom stereocenters. The molecule has 0 aliphatic carbocycles. The SMILES string of the molecule is CCc1ncc(C(=O)NCCNc2cnccn2)s1. The Morgan fingerprint density at radius 2 is 2.16 bits per heavy atom. The van der Waals surface area contributed by atoms with Crippen molar-refractivity contribution in [3.8, 4) is 0 Å². The van der Waals surface area contributed by atoms with Crippen molar-refractivity contribution < 1.29 is 4.79 Å². The molecule has 0 saturated heterocycles. The number of carbonyl (C=O) groups is 1. The first kappa shape index (κ1) is 13.4. The van der Waals surface area contributed by atoms with Gasteiger partial charge in [-0.15, -0.1) is 11.3 Å². The highest BCUT2D eigenvalue weighted by molar-refractivity contribution is 7.13. The van der Waals surface area contributed by atoms with Crippen molar-refractivity contribution in [2.24, 2.45) is 0 Å². The van der Waals surface area contributed by atoms with Gasteiger partial charge in [0.05, 0.1) is 17.4 Å². The van der Waals surface area contributed by atoms with Gasteiger partial charge in [-0.2, -0.15) is 0 Å². The topological polar surface area (TPSA) is 79.8 Å². The van der Waals surface area contributed by atoms with Crippen molar-refractivity contribution in [2.45, 2.75) is 13.3 Å². The predicted molar refractivity (Wildman–Crippen MR) is 74.3 cm³/mol. The molecule has 0 saturated carbocycles. The van der Waals surface area contributed by atoms with E-state index in [4.69, 9.17) is 0 Å². The average molecular weight is 277 g/mol. The number of aromatic nitrogens is 3.